The number of methoxy groups -OCH3 is 1. The topological polar surface area (TPSA) is 61.5 Å². The van der Waals surface area contributed by atoms with Crippen LogP contribution >= 0.6 is 23.1 Å². The fourth-order valence-corrected chi connectivity index (χ4v) is 5.07. The van der Waals surface area contributed by atoms with Gasteiger partial charge in [-0.05, 0) is 55.0 Å². The second-order valence-electron chi connectivity index (χ2n) is 7.15. The van der Waals surface area contributed by atoms with E-state index in [2.05, 4.69) is 32.6 Å². The lowest BCUT2D eigenvalue weighted by atomic mass is 10.1. The molecular weight excluding hydrogens is 447 g/mol. The Hall–Kier alpha value is -3.17. The summed E-state index contributed by atoms with van der Waals surface area (Å²) in [5.74, 6) is 1.78. The Labute approximate surface area is 192 Å². The van der Waals surface area contributed by atoms with Crippen LogP contribution in [0.2, 0.25) is 0 Å². The maximum Gasteiger partial charge on any atom is 0.196 e. The van der Waals surface area contributed by atoms with Crippen LogP contribution in [0.4, 0.5) is 4.39 Å². The zero-order chi connectivity index (χ0) is 22.1. The fraction of sp³-hybridized carbons (Fsp3) is 0.174. The lowest BCUT2D eigenvalue weighted by Crippen LogP contribution is -1.96. The molecule has 0 aliphatic rings. The molecule has 32 heavy (non-hydrogen) atoms. The van der Waals surface area contributed by atoms with Gasteiger partial charge in [0.15, 0.2) is 10.8 Å². The molecule has 0 saturated carbocycles. The Kier molecular flexibility index (Phi) is 5.67. The molecular formula is C23H19FN4O2S2. The van der Waals surface area contributed by atoms with Gasteiger partial charge < -0.3 is 9.47 Å². The number of hydrogen-bond donors (Lipinski definition) is 0. The molecule has 5 aromatic rings. The highest BCUT2D eigenvalue weighted by molar-refractivity contribution is 7.98. The van der Waals surface area contributed by atoms with Crippen LogP contribution in [0.5, 0.6) is 11.5 Å². The van der Waals surface area contributed by atoms with Gasteiger partial charge in [-0.3, -0.25) is 4.40 Å². The van der Waals surface area contributed by atoms with Crippen molar-refractivity contribution in [1.29, 1.82) is 0 Å². The zero-order valence-electron chi connectivity index (χ0n) is 17.4. The van der Waals surface area contributed by atoms with E-state index in [0.717, 1.165) is 43.7 Å². The highest BCUT2D eigenvalue weighted by atomic mass is 32.2. The minimum Gasteiger partial charge on any atom is -0.497 e. The van der Waals surface area contributed by atoms with E-state index in [1.165, 1.54) is 23.5 Å². The van der Waals surface area contributed by atoms with Gasteiger partial charge in [0.25, 0.3) is 0 Å². The van der Waals surface area contributed by atoms with Crippen LogP contribution in [-0.4, -0.2) is 26.7 Å². The van der Waals surface area contributed by atoms with Crippen molar-refractivity contribution in [2.75, 3.05) is 7.11 Å². The van der Waals surface area contributed by atoms with Gasteiger partial charge in [0, 0.05) is 22.6 Å². The third-order valence-corrected chi connectivity index (χ3v) is 6.83. The van der Waals surface area contributed by atoms with Crippen molar-refractivity contribution in [1.82, 2.24) is 19.6 Å². The summed E-state index contributed by atoms with van der Waals surface area (Å²) in [7, 11) is 1.66. The Morgan fingerprint density at radius 3 is 2.69 bits per heavy atom. The maximum atomic E-state index is 13.0. The van der Waals surface area contributed by atoms with Gasteiger partial charge in [-0.1, -0.05) is 11.8 Å². The largest absolute Gasteiger partial charge is 0.497 e. The van der Waals surface area contributed by atoms with Crippen molar-refractivity contribution in [3.05, 3.63) is 76.0 Å². The summed E-state index contributed by atoms with van der Waals surface area (Å²) < 4.78 is 26.2. The second kappa shape index (κ2) is 8.76. The van der Waals surface area contributed by atoms with Crippen molar-refractivity contribution in [3.63, 3.8) is 0 Å². The van der Waals surface area contributed by atoms with Crippen molar-refractivity contribution in [2.24, 2.45) is 0 Å². The second-order valence-corrected chi connectivity index (χ2v) is 9.04. The summed E-state index contributed by atoms with van der Waals surface area (Å²) in [5.41, 5.74) is 3.91. The van der Waals surface area contributed by atoms with Crippen molar-refractivity contribution < 1.29 is 13.9 Å². The van der Waals surface area contributed by atoms with E-state index in [0.29, 0.717) is 18.1 Å². The van der Waals surface area contributed by atoms with Gasteiger partial charge >= 0.3 is 0 Å². The number of halogens is 1. The van der Waals surface area contributed by atoms with E-state index in [1.807, 2.05) is 23.6 Å². The third-order valence-electron chi connectivity index (χ3n) is 5.00. The Morgan fingerprint density at radius 2 is 1.88 bits per heavy atom. The van der Waals surface area contributed by atoms with Crippen molar-refractivity contribution in [3.8, 4) is 11.5 Å². The molecule has 0 spiro atoms. The minimum atomic E-state index is -0.284. The molecule has 5 rings (SSSR count). The number of pyridine rings is 1. The zero-order valence-corrected chi connectivity index (χ0v) is 19.0. The summed E-state index contributed by atoms with van der Waals surface area (Å²) in [5, 5.41) is 13.6. The van der Waals surface area contributed by atoms with Crippen LogP contribution in [-0.2, 0) is 12.4 Å². The number of nitrogens with zero attached hydrogens (tertiary/aromatic N) is 4. The predicted molar refractivity (Wildman–Crippen MR) is 124 cm³/mol. The lowest BCUT2D eigenvalue weighted by molar-refractivity contribution is 0.305. The van der Waals surface area contributed by atoms with Gasteiger partial charge in [-0.15, -0.1) is 21.5 Å². The number of ether oxygens (including phenoxy) is 2. The molecule has 0 unspecified atom stereocenters. The first-order chi connectivity index (χ1) is 15.6. The first kappa shape index (κ1) is 20.7. The SMILES string of the molecule is COc1ccc2c(C)cc3nnc(SCc4csc(COc5ccc(F)cc5)n4)n3c2c1. The Morgan fingerprint density at radius 1 is 1.06 bits per heavy atom. The van der Waals surface area contributed by atoms with E-state index in [-0.39, 0.29) is 5.82 Å². The van der Waals surface area contributed by atoms with Crippen molar-refractivity contribution >= 4 is 39.6 Å². The molecule has 0 aliphatic carbocycles. The van der Waals surface area contributed by atoms with E-state index in [1.54, 1.807) is 31.0 Å². The van der Waals surface area contributed by atoms with Crippen LogP contribution in [0.25, 0.3) is 16.6 Å². The lowest BCUT2D eigenvalue weighted by Gasteiger charge is -2.09. The Bertz CT molecular complexity index is 1400. The molecule has 3 aromatic heterocycles. The molecule has 9 heteroatoms. The number of hydrogen-bond acceptors (Lipinski definition) is 7. The molecule has 162 valence electrons. The van der Waals surface area contributed by atoms with E-state index < -0.39 is 0 Å². The molecule has 0 atom stereocenters. The maximum absolute atomic E-state index is 13.0. The third kappa shape index (κ3) is 4.13. The summed E-state index contributed by atoms with van der Waals surface area (Å²) in [6.07, 6.45) is 0. The quantitative estimate of drug-likeness (QED) is 0.288. The van der Waals surface area contributed by atoms with Gasteiger partial charge in [-0.2, -0.15) is 0 Å². The standard InChI is InChI=1S/C23H19FN4O2S2/c1-14-9-21-26-27-23(28(21)20-10-18(29-2)7-8-19(14)20)32-13-16-12-31-22(25-16)11-30-17-5-3-15(24)4-6-17/h3-10,12H,11,13H2,1-2H3. The number of thioether (sulfide) groups is 1. The first-order valence-corrected chi connectivity index (χ1v) is 11.7. The van der Waals surface area contributed by atoms with E-state index in [9.17, 15) is 4.39 Å². The van der Waals surface area contributed by atoms with Crippen LogP contribution in [0.3, 0.4) is 0 Å². The summed E-state index contributed by atoms with van der Waals surface area (Å²) in [4.78, 5) is 4.65. The molecule has 0 fully saturated rings. The summed E-state index contributed by atoms with van der Waals surface area (Å²) in [6, 6.07) is 14.0. The number of benzene rings is 2. The fourth-order valence-electron chi connectivity index (χ4n) is 3.42. The first-order valence-electron chi connectivity index (χ1n) is 9.87. The minimum absolute atomic E-state index is 0.284. The average molecular weight is 467 g/mol. The summed E-state index contributed by atoms with van der Waals surface area (Å²) in [6.45, 7) is 2.42. The van der Waals surface area contributed by atoms with Crippen LogP contribution in [0.1, 0.15) is 16.3 Å². The van der Waals surface area contributed by atoms with Crippen LogP contribution < -0.4 is 9.47 Å². The smallest absolute Gasteiger partial charge is 0.196 e. The number of fused-ring (bicyclic) bond motifs is 3. The van der Waals surface area contributed by atoms with Gasteiger partial charge in [0.05, 0.1) is 18.3 Å². The molecule has 3 heterocycles. The summed E-state index contributed by atoms with van der Waals surface area (Å²) >= 11 is 3.12. The number of aromatic nitrogens is 4. The monoisotopic (exact) mass is 466 g/mol. The highest BCUT2D eigenvalue weighted by Crippen LogP contribution is 2.30. The molecule has 6 nitrogen and oxygen atoms in total. The van der Waals surface area contributed by atoms with E-state index in [4.69, 9.17) is 9.47 Å². The normalized spacial score (nSPS) is 11.3. The molecule has 0 N–H and O–H groups in total. The Balaban J connectivity index is 1.33. The average Bonchev–Trinajstić information content (AvgIpc) is 3.44. The molecule has 0 aliphatic heterocycles. The van der Waals surface area contributed by atoms with Gasteiger partial charge in [-0.25, -0.2) is 9.37 Å². The number of rotatable bonds is 7. The van der Waals surface area contributed by atoms with E-state index >= 15 is 0 Å². The molecule has 0 radical (unpaired) electrons. The van der Waals surface area contributed by atoms with Crippen LogP contribution in [0, 0.1) is 12.7 Å². The molecule has 2 aromatic carbocycles. The van der Waals surface area contributed by atoms with Crippen molar-refractivity contribution in [2.45, 2.75) is 24.4 Å². The molecule has 0 saturated heterocycles. The predicted octanol–water partition coefficient (Wildman–Crippen LogP) is 5.67. The van der Waals surface area contributed by atoms with Crippen LogP contribution in [0.15, 0.2) is 59.1 Å². The van der Waals surface area contributed by atoms with Gasteiger partial charge in [0.2, 0.25) is 0 Å². The number of aryl methyl sites for hydroxylation is 1. The molecule has 0 bridgehead atoms. The molecule has 0 amide bonds. The number of thiazole rings is 1. The highest BCUT2D eigenvalue weighted by Gasteiger charge is 2.13. The van der Waals surface area contributed by atoms with Gasteiger partial charge in [0.1, 0.15) is 28.9 Å².